The van der Waals surface area contributed by atoms with Crippen LogP contribution in [0.15, 0.2) is 18.2 Å². The summed E-state index contributed by atoms with van der Waals surface area (Å²) in [6.45, 7) is 2.74. The molecule has 6 heteroatoms. The van der Waals surface area contributed by atoms with Crippen LogP contribution < -0.4 is 4.74 Å². The van der Waals surface area contributed by atoms with E-state index in [1.54, 1.807) is 0 Å². The maximum atomic E-state index is 13.1. The van der Waals surface area contributed by atoms with E-state index >= 15 is 0 Å². The predicted octanol–water partition coefficient (Wildman–Crippen LogP) is 7.28. The van der Waals surface area contributed by atoms with E-state index in [1.807, 2.05) is 0 Å². The third-order valence-electron chi connectivity index (χ3n) is 5.09. The summed E-state index contributed by atoms with van der Waals surface area (Å²) in [5.41, 5.74) is 0. The fourth-order valence-corrected chi connectivity index (χ4v) is 3.33. The van der Waals surface area contributed by atoms with Gasteiger partial charge in [-0.1, -0.05) is 71.1 Å². The van der Waals surface area contributed by atoms with Crippen LogP contribution in [-0.4, -0.2) is 18.5 Å². The van der Waals surface area contributed by atoms with E-state index in [1.165, 1.54) is 32.1 Å². The predicted molar refractivity (Wildman–Crippen MR) is 118 cm³/mol. The summed E-state index contributed by atoms with van der Waals surface area (Å²) < 4.78 is 36.3. The Bertz CT molecular complexity index is 614. The molecule has 0 atom stereocenters. The number of carbonyl (C=O) groups excluding carboxylic acids is 2. The van der Waals surface area contributed by atoms with Crippen molar-refractivity contribution in [2.45, 2.75) is 103 Å². The van der Waals surface area contributed by atoms with Gasteiger partial charge in [0.2, 0.25) is 0 Å². The average molecular weight is 441 g/mol. The second kappa shape index (κ2) is 17.7. The number of ether oxygens (including phenoxy) is 2. The molecule has 0 saturated heterocycles. The Morgan fingerprint density at radius 1 is 0.677 bits per heavy atom. The summed E-state index contributed by atoms with van der Waals surface area (Å²) in [6, 6.07) is 2.70. The molecule has 31 heavy (non-hydrogen) atoms. The van der Waals surface area contributed by atoms with E-state index in [9.17, 15) is 18.4 Å². The van der Waals surface area contributed by atoms with Crippen molar-refractivity contribution >= 4 is 11.9 Å². The van der Waals surface area contributed by atoms with Crippen LogP contribution in [0.2, 0.25) is 0 Å². The summed E-state index contributed by atoms with van der Waals surface area (Å²) in [7, 11) is 0. The zero-order valence-electron chi connectivity index (χ0n) is 18.9. The molecule has 0 fully saturated rings. The zero-order valence-corrected chi connectivity index (χ0v) is 18.9. The molecule has 0 heterocycles. The summed E-state index contributed by atoms with van der Waals surface area (Å²) in [6.07, 6.45) is 14.4. The van der Waals surface area contributed by atoms with Crippen LogP contribution in [0.1, 0.15) is 103 Å². The van der Waals surface area contributed by atoms with Gasteiger partial charge in [0.15, 0.2) is 0 Å². The van der Waals surface area contributed by atoms with Gasteiger partial charge >= 0.3 is 11.9 Å². The van der Waals surface area contributed by atoms with Gasteiger partial charge in [-0.2, -0.15) is 0 Å². The van der Waals surface area contributed by atoms with Gasteiger partial charge in [0.1, 0.15) is 17.4 Å². The minimum Gasteiger partial charge on any atom is -0.466 e. The fraction of sp³-hybridized carbons (Fsp3) is 0.680. The van der Waals surface area contributed by atoms with Gasteiger partial charge < -0.3 is 9.47 Å². The maximum absolute atomic E-state index is 13.1. The SMILES string of the molecule is CCCCCCCCCOC(=O)CCCCCCCCC(=O)Oc1cc(F)cc(F)c1. The van der Waals surface area contributed by atoms with Gasteiger partial charge in [-0.3, -0.25) is 9.59 Å². The first kappa shape index (κ1) is 27.1. The average Bonchev–Trinajstić information content (AvgIpc) is 2.71. The van der Waals surface area contributed by atoms with Crippen LogP contribution in [0.25, 0.3) is 0 Å². The minimum absolute atomic E-state index is 0.109. The number of benzene rings is 1. The Balaban J connectivity index is 1.90. The number of hydrogen-bond acceptors (Lipinski definition) is 4. The second-order valence-corrected chi connectivity index (χ2v) is 8.04. The Kier molecular flexibility index (Phi) is 15.4. The van der Waals surface area contributed by atoms with E-state index < -0.39 is 17.6 Å². The number of hydrogen-bond donors (Lipinski definition) is 0. The van der Waals surface area contributed by atoms with E-state index in [4.69, 9.17) is 9.47 Å². The molecule has 0 spiro atoms. The molecule has 0 radical (unpaired) electrons. The molecule has 1 rings (SSSR count). The molecule has 0 aliphatic heterocycles. The highest BCUT2D eigenvalue weighted by Gasteiger charge is 2.08. The first-order valence-corrected chi connectivity index (χ1v) is 11.8. The third kappa shape index (κ3) is 15.5. The number of carbonyl (C=O) groups is 2. The molecule has 0 N–H and O–H groups in total. The van der Waals surface area contributed by atoms with Crippen LogP contribution >= 0.6 is 0 Å². The molecule has 0 amide bonds. The molecule has 0 aliphatic rings. The Labute approximate surface area is 185 Å². The van der Waals surface area contributed by atoms with Crippen LogP contribution in [0.3, 0.4) is 0 Å². The van der Waals surface area contributed by atoms with Gasteiger partial charge in [-0.05, 0) is 19.3 Å². The number of halogens is 2. The van der Waals surface area contributed by atoms with Crippen LogP contribution in [0, 0.1) is 11.6 Å². The molecule has 4 nitrogen and oxygen atoms in total. The second-order valence-electron chi connectivity index (χ2n) is 8.04. The van der Waals surface area contributed by atoms with Gasteiger partial charge in [-0.15, -0.1) is 0 Å². The first-order valence-electron chi connectivity index (χ1n) is 11.8. The van der Waals surface area contributed by atoms with Crippen LogP contribution in [0.5, 0.6) is 5.75 Å². The van der Waals surface area contributed by atoms with Crippen LogP contribution in [0.4, 0.5) is 8.78 Å². The summed E-state index contributed by atoms with van der Waals surface area (Å²) in [5, 5.41) is 0. The molecular weight excluding hydrogens is 402 g/mol. The van der Waals surface area contributed by atoms with Crippen molar-refractivity contribution in [3.63, 3.8) is 0 Å². The smallest absolute Gasteiger partial charge is 0.311 e. The molecule has 0 aliphatic carbocycles. The maximum Gasteiger partial charge on any atom is 0.311 e. The van der Waals surface area contributed by atoms with Crippen molar-refractivity contribution in [2.75, 3.05) is 6.61 Å². The standard InChI is InChI=1S/C25H38F2O4/c1-2-3-4-5-8-11-14-17-30-24(28)15-12-9-6-7-10-13-16-25(29)31-23-19-21(26)18-22(27)20-23/h18-20H,2-17H2,1H3. The van der Waals surface area contributed by atoms with Crippen LogP contribution in [-0.2, 0) is 14.3 Å². The third-order valence-corrected chi connectivity index (χ3v) is 5.09. The van der Waals surface area contributed by atoms with Gasteiger partial charge in [0.25, 0.3) is 0 Å². The van der Waals surface area contributed by atoms with Gasteiger partial charge in [0.05, 0.1) is 6.61 Å². The minimum atomic E-state index is -0.774. The van der Waals surface area contributed by atoms with E-state index in [0.29, 0.717) is 19.4 Å². The summed E-state index contributed by atoms with van der Waals surface area (Å²) in [4.78, 5) is 23.4. The fourth-order valence-electron chi connectivity index (χ4n) is 3.33. The lowest BCUT2D eigenvalue weighted by Gasteiger charge is -2.06. The number of rotatable bonds is 18. The largest absolute Gasteiger partial charge is 0.466 e. The number of esters is 2. The molecular formula is C25H38F2O4. The molecule has 0 saturated carbocycles. The lowest BCUT2D eigenvalue weighted by Crippen LogP contribution is -2.08. The quantitative estimate of drug-likeness (QED) is 0.137. The highest BCUT2D eigenvalue weighted by molar-refractivity contribution is 5.72. The molecule has 0 bridgehead atoms. The first-order chi connectivity index (χ1) is 15.0. The van der Waals surface area contributed by atoms with Crippen molar-refractivity contribution in [2.24, 2.45) is 0 Å². The lowest BCUT2D eigenvalue weighted by molar-refractivity contribution is -0.144. The van der Waals surface area contributed by atoms with Crippen molar-refractivity contribution in [3.8, 4) is 5.75 Å². The van der Waals surface area contributed by atoms with E-state index in [0.717, 1.165) is 63.1 Å². The van der Waals surface area contributed by atoms with Gasteiger partial charge in [-0.25, -0.2) is 8.78 Å². The topological polar surface area (TPSA) is 52.6 Å². The van der Waals surface area contributed by atoms with E-state index in [-0.39, 0.29) is 18.1 Å². The van der Waals surface area contributed by atoms with Crippen molar-refractivity contribution < 1.29 is 27.8 Å². The molecule has 1 aromatic carbocycles. The Hall–Kier alpha value is -1.98. The Morgan fingerprint density at radius 2 is 1.16 bits per heavy atom. The Morgan fingerprint density at radius 3 is 1.74 bits per heavy atom. The molecule has 176 valence electrons. The molecule has 0 unspecified atom stereocenters. The molecule has 1 aromatic rings. The van der Waals surface area contributed by atoms with Crippen molar-refractivity contribution in [1.82, 2.24) is 0 Å². The lowest BCUT2D eigenvalue weighted by atomic mass is 10.1. The normalized spacial score (nSPS) is 10.8. The highest BCUT2D eigenvalue weighted by Crippen LogP contribution is 2.17. The van der Waals surface area contributed by atoms with Crippen molar-refractivity contribution in [3.05, 3.63) is 29.8 Å². The zero-order chi connectivity index (χ0) is 22.7. The van der Waals surface area contributed by atoms with Gasteiger partial charge in [0, 0.05) is 31.0 Å². The summed E-state index contributed by atoms with van der Waals surface area (Å²) in [5.74, 6) is -2.26. The highest BCUT2D eigenvalue weighted by atomic mass is 19.1. The number of unbranched alkanes of at least 4 members (excludes halogenated alkanes) is 11. The monoisotopic (exact) mass is 440 g/mol. The van der Waals surface area contributed by atoms with E-state index in [2.05, 4.69) is 6.92 Å². The van der Waals surface area contributed by atoms with Crippen molar-refractivity contribution in [1.29, 1.82) is 0 Å². The molecule has 0 aromatic heterocycles. The summed E-state index contributed by atoms with van der Waals surface area (Å²) >= 11 is 0.